The molecule has 1 fully saturated rings. The predicted molar refractivity (Wildman–Crippen MR) is 108 cm³/mol. The minimum absolute atomic E-state index is 0.810. The first-order valence-corrected chi connectivity index (χ1v) is 9.09. The monoisotopic (exact) mass is 342 g/mol. The summed E-state index contributed by atoms with van der Waals surface area (Å²) in [5, 5.41) is 0. The van der Waals surface area contributed by atoms with Crippen molar-refractivity contribution in [2.45, 2.75) is 12.8 Å². The van der Waals surface area contributed by atoms with Gasteiger partial charge in [0.1, 0.15) is 11.5 Å². The van der Waals surface area contributed by atoms with E-state index in [1.54, 1.807) is 0 Å². The standard InChI is InChI=1S/C23H22N2O/c1-2-6-22(7-3-1)26-23-14-10-20(11-15-23)24-18-19-8-12-21(13-9-19)25-16-4-5-17-25/h1-3,6-15,18H,4-5,16-17H2. The van der Waals surface area contributed by atoms with E-state index in [2.05, 4.69) is 34.2 Å². The van der Waals surface area contributed by atoms with Crippen molar-refractivity contribution in [3.63, 3.8) is 0 Å². The van der Waals surface area contributed by atoms with E-state index in [0.29, 0.717) is 0 Å². The fourth-order valence-electron chi connectivity index (χ4n) is 3.12. The quantitative estimate of drug-likeness (QED) is 0.545. The summed E-state index contributed by atoms with van der Waals surface area (Å²) in [6.07, 6.45) is 4.50. The van der Waals surface area contributed by atoms with E-state index in [0.717, 1.165) is 22.7 Å². The molecule has 1 aliphatic heterocycles. The van der Waals surface area contributed by atoms with Crippen LogP contribution in [0.25, 0.3) is 0 Å². The largest absolute Gasteiger partial charge is 0.457 e. The van der Waals surface area contributed by atoms with Crippen molar-refractivity contribution in [1.82, 2.24) is 0 Å². The number of anilines is 1. The van der Waals surface area contributed by atoms with Crippen molar-refractivity contribution in [2.24, 2.45) is 4.99 Å². The van der Waals surface area contributed by atoms with Gasteiger partial charge >= 0.3 is 0 Å². The normalized spacial score (nSPS) is 14.1. The van der Waals surface area contributed by atoms with Crippen molar-refractivity contribution in [3.8, 4) is 11.5 Å². The van der Waals surface area contributed by atoms with Crippen molar-refractivity contribution in [1.29, 1.82) is 0 Å². The number of rotatable bonds is 5. The summed E-state index contributed by atoms with van der Waals surface area (Å²) >= 11 is 0. The molecule has 0 aromatic heterocycles. The second-order valence-corrected chi connectivity index (χ2v) is 6.45. The molecular weight excluding hydrogens is 320 g/mol. The molecule has 0 N–H and O–H groups in total. The van der Waals surface area contributed by atoms with Crippen molar-refractivity contribution >= 4 is 17.6 Å². The Bertz CT molecular complexity index is 849. The van der Waals surface area contributed by atoms with E-state index in [4.69, 9.17) is 4.74 Å². The molecule has 0 radical (unpaired) electrons. The first-order valence-electron chi connectivity index (χ1n) is 9.09. The number of benzene rings is 3. The highest BCUT2D eigenvalue weighted by Gasteiger charge is 2.11. The predicted octanol–water partition coefficient (Wildman–Crippen LogP) is 5.83. The third-order valence-corrected chi connectivity index (χ3v) is 4.54. The lowest BCUT2D eigenvalue weighted by Crippen LogP contribution is -2.17. The highest BCUT2D eigenvalue weighted by molar-refractivity contribution is 5.82. The number of hydrogen-bond acceptors (Lipinski definition) is 3. The van der Waals surface area contributed by atoms with E-state index >= 15 is 0 Å². The minimum Gasteiger partial charge on any atom is -0.457 e. The third kappa shape index (κ3) is 4.12. The molecule has 0 unspecified atom stereocenters. The SMILES string of the molecule is C(=Nc1ccc(Oc2ccccc2)cc1)c1ccc(N2CCCC2)cc1. The molecular formula is C23H22N2O. The molecule has 0 spiro atoms. The number of nitrogens with zero attached hydrogens (tertiary/aromatic N) is 2. The van der Waals surface area contributed by atoms with Gasteiger partial charge in [-0.25, -0.2) is 0 Å². The second-order valence-electron chi connectivity index (χ2n) is 6.45. The third-order valence-electron chi connectivity index (χ3n) is 4.54. The van der Waals surface area contributed by atoms with Crippen LogP contribution in [0.2, 0.25) is 0 Å². The van der Waals surface area contributed by atoms with E-state index in [9.17, 15) is 0 Å². The zero-order valence-electron chi connectivity index (χ0n) is 14.7. The Morgan fingerprint density at radius 1 is 0.731 bits per heavy atom. The number of para-hydroxylation sites is 1. The fourth-order valence-corrected chi connectivity index (χ4v) is 3.12. The van der Waals surface area contributed by atoms with Crippen molar-refractivity contribution < 1.29 is 4.74 Å². The van der Waals surface area contributed by atoms with E-state index in [-0.39, 0.29) is 0 Å². The molecule has 1 aliphatic rings. The Morgan fingerprint density at radius 3 is 2.08 bits per heavy atom. The fraction of sp³-hybridized carbons (Fsp3) is 0.174. The molecule has 0 saturated carbocycles. The summed E-state index contributed by atoms with van der Waals surface area (Å²) in [5.41, 5.74) is 3.33. The van der Waals surface area contributed by atoms with Gasteiger partial charge in [0, 0.05) is 25.0 Å². The summed E-state index contributed by atoms with van der Waals surface area (Å²) in [6.45, 7) is 2.34. The Labute approximate surface area is 154 Å². The maximum absolute atomic E-state index is 5.80. The lowest BCUT2D eigenvalue weighted by atomic mass is 10.2. The Hall–Kier alpha value is -3.07. The lowest BCUT2D eigenvalue weighted by Gasteiger charge is -2.17. The average Bonchev–Trinajstić information content (AvgIpc) is 3.24. The number of ether oxygens (including phenoxy) is 1. The van der Waals surface area contributed by atoms with Crippen LogP contribution in [-0.4, -0.2) is 19.3 Å². The van der Waals surface area contributed by atoms with Gasteiger partial charge in [-0.2, -0.15) is 0 Å². The minimum atomic E-state index is 0.810. The lowest BCUT2D eigenvalue weighted by molar-refractivity contribution is 0.483. The van der Waals surface area contributed by atoms with Crippen LogP contribution in [0.4, 0.5) is 11.4 Å². The van der Waals surface area contributed by atoms with Crippen LogP contribution in [0.15, 0.2) is 83.9 Å². The van der Waals surface area contributed by atoms with Gasteiger partial charge in [-0.3, -0.25) is 4.99 Å². The van der Waals surface area contributed by atoms with Gasteiger partial charge in [0.05, 0.1) is 5.69 Å². The van der Waals surface area contributed by atoms with Gasteiger partial charge in [-0.15, -0.1) is 0 Å². The van der Waals surface area contributed by atoms with Crippen LogP contribution in [0.1, 0.15) is 18.4 Å². The molecule has 0 aliphatic carbocycles. The first-order chi connectivity index (χ1) is 12.9. The highest BCUT2D eigenvalue weighted by Crippen LogP contribution is 2.24. The van der Waals surface area contributed by atoms with E-state index in [1.165, 1.54) is 31.6 Å². The van der Waals surface area contributed by atoms with Crippen molar-refractivity contribution in [3.05, 3.63) is 84.4 Å². The first kappa shape index (κ1) is 16.4. The van der Waals surface area contributed by atoms with Gasteiger partial charge in [-0.05, 0) is 66.9 Å². The number of hydrogen-bond donors (Lipinski definition) is 0. The second kappa shape index (κ2) is 7.87. The Kier molecular flexibility index (Phi) is 4.97. The van der Waals surface area contributed by atoms with Crippen LogP contribution < -0.4 is 9.64 Å². The zero-order chi connectivity index (χ0) is 17.6. The zero-order valence-corrected chi connectivity index (χ0v) is 14.7. The van der Waals surface area contributed by atoms with Crippen LogP contribution in [0.5, 0.6) is 11.5 Å². The molecule has 130 valence electrons. The molecule has 0 amide bonds. The molecule has 0 atom stereocenters. The topological polar surface area (TPSA) is 24.8 Å². The Balaban J connectivity index is 1.38. The average molecular weight is 342 g/mol. The van der Waals surface area contributed by atoms with E-state index in [1.807, 2.05) is 60.8 Å². The molecule has 3 aromatic rings. The van der Waals surface area contributed by atoms with Gasteiger partial charge in [0.2, 0.25) is 0 Å². The summed E-state index contributed by atoms with van der Waals surface area (Å²) < 4.78 is 5.80. The van der Waals surface area contributed by atoms with Gasteiger partial charge in [0.25, 0.3) is 0 Å². The summed E-state index contributed by atoms with van der Waals surface area (Å²) in [5.74, 6) is 1.65. The van der Waals surface area contributed by atoms with Crippen LogP contribution >= 0.6 is 0 Å². The molecule has 3 heteroatoms. The van der Waals surface area contributed by atoms with Gasteiger partial charge in [-0.1, -0.05) is 30.3 Å². The maximum atomic E-state index is 5.80. The molecule has 3 aromatic carbocycles. The van der Waals surface area contributed by atoms with Gasteiger partial charge < -0.3 is 9.64 Å². The molecule has 3 nitrogen and oxygen atoms in total. The molecule has 4 rings (SSSR count). The highest BCUT2D eigenvalue weighted by atomic mass is 16.5. The Morgan fingerprint density at radius 2 is 1.38 bits per heavy atom. The smallest absolute Gasteiger partial charge is 0.127 e. The molecule has 26 heavy (non-hydrogen) atoms. The maximum Gasteiger partial charge on any atom is 0.127 e. The van der Waals surface area contributed by atoms with Crippen molar-refractivity contribution in [2.75, 3.05) is 18.0 Å². The van der Waals surface area contributed by atoms with Gasteiger partial charge in [0.15, 0.2) is 0 Å². The van der Waals surface area contributed by atoms with Crippen LogP contribution in [0.3, 0.4) is 0 Å². The van der Waals surface area contributed by atoms with E-state index < -0.39 is 0 Å². The van der Waals surface area contributed by atoms with Crippen LogP contribution in [0, 0.1) is 0 Å². The summed E-state index contributed by atoms with van der Waals surface area (Å²) in [6, 6.07) is 26.2. The summed E-state index contributed by atoms with van der Waals surface area (Å²) in [4.78, 5) is 6.99. The molecule has 1 heterocycles. The summed E-state index contributed by atoms with van der Waals surface area (Å²) in [7, 11) is 0. The number of aliphatic imine (C=N–C) groups is 1. The van der Waals surface area contributed by atoms with Crippen LogP contribution in [-0.2, 0) is 0 Å². The molecule has 1 saturated heterocycles. The molecule has 0 bridgehead atoms.